The maximum absolute atomic E-state index is 14.2. The molecule has 2 aromatic heterocycles. The number of halogens is 2. The van der Waals surface area contributed by atoms with Crippen LogP contribution in [0, 0.1) is 5.82 Å². The number of hydrogen-bond donors (Lipinski definition) is 1. The first-order chi connectivity index (χ1) is 10.1. The van der Waals surface area contributed by atoms with Crippen LogP contribution in [-0.2, 0) is 0 Å². The number of thiophene rings is 1. The minimum Gasteiger partial charge on any atom is -0.476 e. The fourth-order valence-corrected chi connectivity index (χ4v) is 2.85. The number of rotatable bonds is 3. The van der Waals surface area contributed by atoms with Crippen molar-refractivity contribution < 1.29 is 18.7 Å². The third-order valence-electron chi connectivity index (χ3n) is 2.76. The number of aromatic carboxylic acids is 1. The normalized spacial score (nSPS) is 10.8. The molecule has 0 aliphatic heterocycles. The molecule has 0 unspecified atom stereocenters. The molecule has 1 aromatic carbocycles. The van der Waals surface area contributed by atoms with Gasteiger partial charge in [-0.3, -0.25) is 0 Å². The smallest absolute Gasteiger partial charge is 0.358 e. The second-order valence-corrected chi connectivity index (χ2v) is 5.88. The second kappa shape index (κ2) is 5.42. The molecular weight excluding hydrogens is 361 g/mol. The number of carboxylic acid groups (broad SMARTS) is 1. The van der Waals surface area contributed by atoms with Gasteiger partial charge in [-0.1, -0.05) is 12.1 Å². The molecule has 21 heavy (non-hydrogen) atoms. The molecule has 4 nitrogen and oxygen atoms in total. The van der Waals surface area contributed by atoms with Crippen molar-refractivity contribution in [2.24, 2.45) is 0 Å². The standard InChI is InChI=1S/C14H7BrFNO3S/c15-8-4-1-3-7(10(8)16)12-11(14(18)19)17-13(20-12)9-5-2-6-21-9/h1-6H,(H,18,19). The Kier molecular flexibility index (Phi) is 3.60. The van der Waals surface area contributed by atoms with Gasteiger partial charge < -0.3 is 9.52 Å². The molecule has 3 rings (SSSR count). The highest BCUT2D eigenvalue weighted by molar-refractivity contribution is 9.10. The summed E-state index contributed by atoms with van der Waals surface area (Å²) in [4.78, 5) is 16.0. The fourth-order valence-electron chi connectivity index (χ4n) is 1.83. The zero-order valence-corrected chi connectivity index (χ0v) is 12.7. The minimum atomic E-state index is -1.27. The summed E-state index contributed by atoms with van der Waals surface area (Å²) in [6.45, 7) is 0. The Bertz CT molecular complexity index is 814. The number of oxazole rings is 1. The molecule has 0 spiro atoms. The van der Waals surface area contributed by atoms with Gasteiger partial charge in [-0.2, -0.15) is 0 Å². The predicted molar refractivity (Wildman–Crippen MR) is 79.9 cm³/mol. The minimum absolute atomic E-state index is 0.0529. The molecule has 0 aliphatic carbocycles. The van der Waals surface area contributed by atoms with Crippen LogP contribution < -0.4 is 0 Å². The predicted octanol–water partition coefficient (Wildman–Crippen LogP) is 4.67. The van der Waals surface area contributed by atoms with Crippen LogP contribution in [0.2, 0.25) is 0 Å². The summed E-state index contributed by atoms with van der Waals surface area (Å²) in [5.74, 6) is -1.79. The van der Waals surface area contributed by atoms with E-state index in [0.29, 0.717) is 4.88 Å². The molecule has 0 radical (unpaired) electrons. The summed E-state index contributed by atoms with van der Waals surface area (Å²) in [7, 11) is 0. The first-order valence-electron chi connectivity index (χ1n) is 5.80. The van der Waals surface area contributed by atoms with E-state index in [4.69, 9.17) is 4.42 Å². The van der Waals surface area contributed by atoms with Crippen LogP contribution in [0.25, 0.3) is 22.1 Å². The molecular formula is C14H7BrFNO3S. The lowest BCUT2D eigenvalue weighted by atomic mass is 10.1. The highest BCUT2D eigenvalue weighted by Gasteiger charge is 2.24. The van der Waals surface area contributed by atoms with Gasteiger partial charge in [-0.25, -0.2) is 14.2 Å². The van der Waals surface area contributed by atoms with Crippen molar-refractivity contribution >= 4 is 33.2 Å². The van der Waals surface area contributed by atoms with Gasteiger partial charge in [0.2, 0.25) is 5.89 Å². The summed E-state index contributed by atoms with van der Waals surface area (Å²) in [5, 5.41) is 11.1. The van der Waals surface area contributed by atoms with Gasteiger partial charge in [0.15, 0.2) is 11.5 Å². The Morgan fingerprint density at radius 3 is 2.81 bits per heavy atom. The van der Waals surface area contributed by atoms with E-state index in [2.05, 4.69) is 20.9 Å². The molecule has 0 aliphatic rings. The van der Waals surface area contributed by atoms with Crippen LogP contribution >= 0.6 is 27.3 Å². The van der Waals surface area contributed by atoms with Gasteiger partial charge in [0.25, 0.3) is 0 Å². The lowest BCUT2D eigenvalue weighted by Gasteiger charge is -2.01. The van der Waals surface area contributed by atoms with Crippen molar-refractivity contribution in [3.8, 4) is 22.1 Å². The molecule has 0 fully saturated rings. The van der Waals surface area contributed by atoms with Crippen molar-refractivity contribution in [3.05, 3.63) is 51.7 Å². The zero-order chi connectivity index (χ0) is 15.0. The number of benzene rings is 1. The third-order valence-corrected chi connectivity index (χ3v) is 4.23. The number of hydrogen-bond acceptors (Lipinski definition) is 4. The highest BCUT2D eigenvalue weighted by Crippen LogP contribution is 2.34. The van der Waals surface area contributed by atoms with Crippen molar-refractivity contribution in [1.82, 2.24) is 4.98 Å². The van der Waals surface area contributed by atoms with Crippen LogP contribution in [0.15, 0.2) is 44.6 Å². The summed E-state index contributed by atoms with van der Waals surface area (Å²) in [6.07, 6.45) is 0. The second-order valence-electron chi connectivity index (χ2n) is 4.08. The molecule has 0 bridgehead atoms. The monoisotopic (exact) mass is 367 g/mol. The fraction of sp³-hybridized carbons (Fsp3) is 0. The van der Waals surface area contributed by atoms with Gasteiger partial charge >= 0.3 is 5.97 Å². The van der Waals surface area contributed by atoms with Gasteiger partial charge in [0, 0.05) is 0 Å². The van der Waals surface area contributed by atoms with E-state index >= 15 is 0 Å². The van der Waals surface area contributed by atoms with E-state index in [0.717, 1.165) is 0 Å². The Morgan fingerprint density at radius 2 is 2.14 bits per heavy atom. The number of carbonyl (C=O) groups is 1. The summed E-state index contributed by atoms with van der Waals surface area (Å²) < 4.78 is 19.9. The quantitative estimate of drug-likeness (QED) is 0.730. The molecule has 0 saturated carbocycles. The molecule has 0 atom stereocenters. The first kappa shape index (κ1) is 14.0. The maximum atomic E-state index is 14.2. The summed E-state index contributed by atoms with van der Waals surface area (Å²) in [5.41, 5.74) is -0.257. The van der Waals surface area contributed by atoms with Crippen molar-refractivity contribution in [1.29, 1.82) is 0 Å². The molecule has 1 N–H and O–H groups in total. The average Bonchev–Trinajstić information content (AvgIpc) is 3.09. The van der Waals surface area contributed by atoms with Crippen molar-refractivity contribution in [2.45, 2.75) is 0 Å². The molecule has 7 heteroatoms. The maximum Gasteiger partial charge on any atom is 0.358 e. The van der Waals surface area contributed by atoms with Gasteiger partial charge in [-0.05, 0) is 39.5 Å². The SMILES string of the molecule is O=C(O)c1nc(-c2cccs2)oc1-c1cccc(Br)c1F. The van der Waals surface area contributed by atoms with Gasteiger partial charge in [0.05, 0.1) is 14.9 Å². The van der Waals surface area contributed by atoms with Gasteiger partial charge in [0.1, 0.15) is 5.82 Å². The van der Waals surface area contributed by atoms with E-state index in [-0.39, 0.29) is 27.4 Å². The molecule has 0 amide bonds. The van der Waals surface area contributed by atoms with Gasteiger partial charge in [-0.15, -0.1) is 11.3 Å². The number of carboxylic acids is 1. The Morgan fingerprint density at radius 1 is 1.33 bits per heavy atom. The average molecular weight is 368 g/mol. The first-order valence-corrected chi connectivity index (χ1v) is 7.47. The van der Waals surface area contributed by atoms with Crippen LogP contribution in [0.3, 0.4) is 0 Å². The van der Waals surface area contributed by atoms with Crippen molar-refractivity contribution in [2.75, 3.05) is 0 Å². The van der Waals surface area contributed by atoms with Crippen LogP contribution in [-0.4, -0.2) is 16.1 Å². The van der Waals surface area contributed by atoms with E-state index in [1.165, 1.54) is 23.5 Å². The van der Waals surface area contributed by atoms with E-state index in [1.807, 2.05) is 5.38 Å². The molecule has 106 valence electrons. The zero-order valence-electron chi connectivity index (χ0n) is 10.3. The van der Waals surface area contributed by atoms with Crippen LogP contribution in [0.4, 0.5) is 4.39 Å². The van der Waals surface area contributed by atoms with E-state index < -0.39 is 11.8 Å². The Hall–Kier alpha value is -1.99. The topological polar surface area (TPSA) is 63.3 Å². The van der Waals surface area contributed by atoms with E-state index in [9.17, 15) is 14.3 Å². The van der Waals surface area contributed by atoms with Crippen molar-refractivity contribution in [3.63, 3.8) is 0 Å². The molecule has 3 aromatic rings. The summed E-state index contributed by atoms with van der Waals surface area (Å²) in [6, 6.07) is 8.12. The van der Waals surface area contributed by atoms with E-state index in [1.54, 1.807) is 18.2 Å². The Balaban J connectivity index is 2.22. The highest BCUT2D eigenvalue weighted by atomic mass is 79.9. The van der Waals surface area contributed by atoms with Crippen LogP contribution in [0.1, 0.15) is 10.5 Å². The largest absolute Gasteiger partial charge is 0.476 e. The molecule has 0 saturated heterocycles. The number of nitrogens with zero attached hydrogens (tertiary/aromatic N) is 1. The van der Waals surface area contributed by atoms with Crippen LogP contribution in [0.5, 0.6) is 0 Å². The third kappa shape index (κ3) is 2.50. The lowest BCUT2D eigenvalue weighted by molar-refractivity contribution is 0.0691. The Labute approximate surface area is 131 Å². The number of aromatic nitrogens is 1. The molecule has 2 heterocycles. The lowest BCUT2D eigenvalue weighted by Crippen LogP contribution is -1.99. The summed E-state index contributed by atoms with van der Waals surface area (Å²) >= 11 is 4.43.